The number of rotatable bonds is 9. The lowest BCUT2D eigenvalue weighted by molar-refractivity contribution is -0.123. The number of hydrogen-bond donors (Lipinski definition) is 1. The van der Waals surface area contributed by atoms with Crippen LogP contribution in [0.4, 0.5) is 4.79 Å². The van der Waals surface area contributed by atoms with Crippen LogP contribution in [-0.4, -0.2) is 23.1 Å². The lowest BCUT2D eigenvalue weighted by atomic mass is 10.0. The van der Waals surface area contributed by atoms with Gasteiger partial charge in [0.15, 0.2) is 6.10 Å². The van der Waals surface area contributed by atoms with Gasteiger partial charge in [-0.3, -0.25) is 10.1 Å². The van der Waals surface area contributed by atoms with Crippen molar-refractivity contribution in [2.45, 2.75) is 51.6 Å². The third-order valence-corrected chi connectivity index (χ3v) is 5.51. The molecule has 1 aromatic heterocycles. The quantitative estimate of drug-likeness (QED) is 0.541. The number of carbonyl (C=O) groups is 2. The van der Waals surface area contributed by atoms with Gasteiger partial charge >= 0.3 is 6.09 Å². The molecular formula is C25H26N2O4. The van der Waals surface area contributed by atoms with Crippen molar-refractivity contribution in [2.24, 2.45) is 0 Å². The minimum atomic E-state index is -0.644. The molecule has 1 atom stereocenters. The standard InChI is InChI=1S/C25H26N2O4/c1-17-21(26-24(30-17)20-9-3-2-4-10-20)11-5-7-18-13-15-19(16-14-18)8-6-12-22-23(28)27-25(29)31-22/h2-4,9-10,13-16,22H,5-8,11-12H2,1H3,(H,27,28,29). The van der Waals surface area contributed by atoms with Crippen LogP contribution in [0.25, 0.3) is 11.5 Å². The normalized spacial score (nSPS) is 15.7. The summed E-state index contributed by atoms with van der Waals surface area (Å²) in [6.07, 6.45) is 3.76. The van der Waals surface area contributed by atoms with Crippen molar-refractivity contribution in [3.63, 3.8) is 0 Å². The van der Waals surface area contributed by atoms with Gasteiger partial charge in [-0.2, -0.15) is 0 Å². The fraction of sp³-hybridized carbons (Fsp3) is 0.320. The van der Waals surface area contributed by atoms with Crippen molar-refractivity contribution < 1.29 is 18.7 Å². The van der Waals surface area contributed by atoms with Gasteiger partial charge in [0.1, 0.15) is 5.76 Å². The van der Waals surface area contributed by atoms with Crippen molar-refractivity contribution >= 4 is 12.0 Å². The van der Waals surface area contributed by atoms with Gasteiger partial charge in [0.2, 0.25) is 5.89 Å². The number of amides is 2. The van der Waals surface area contributed by atoms with Crippen molar-refractivity contribution in [2.75, 3.05) is 0 Å². The van der Waals surface area contributed by atoms with Gasteiger partial charge in [-0.15, -0.1) is 0 Å². The number of nitrogens with zero attached hydrogens (tertiary/aromatic N) is 1. The molecule has 3 aromatic rings. The predicted molar refractivity (Wildman–Crippen MR) is 116 cm³/mol. The molecule has 0 radical (unpaired) electrons. The van der Waals surface area contributed by atoms with E-state index in [1.54, 1.807) is 0 Å². The van der Waals surface area contributed by atoms with E-state index >= 15 is 0 Å². The number of hydrogen-bond acceptors (Lipinski definition) is 5. The Morgan fingerprint density at radius 2 is 1.58 bits per heavy atom. The van der Waals surface area contributed by atoms with E-state index in [0.29, 0.717) is 12.3 Å². The summed E-state index contributed by atoms with van der Waals surface area (Å²) in [5, 5.41) is 2.16. The molecule has 6 nitrogen and oxygen atoms in total. The van der Waals surface area contributed by atoms with Crippen LogP contribution in [0.5, 0.6) is 0 Å². The highest BCUT2D eigenvalue weighted by Crippen LogP contribution is 2.22. The van der Waals surface area contributed by atoms with Gasteiger partial charge in [-0.1, -0.05) is 42.5 Å². The lowest BCUT2D eigenvalue weighted by Gasteiger charge is -2.07. The summed E-state index contributed by atoms with van der Waals surface area (Å²) in [5.41, 5.74) is 4.52. The van der Waals surface area contributed by atoms with E-state index < -0.39 is 12.2 Å². The number of cyclic esters (lactones) is 1. The van der Waals surface area contributed by atoms with E-state index in [1.165, 1.54) is 11.1 Å². The number of ether oxygens (including phenoxy) is 1. The first-order valence-corrected chi connectivity index (χ1v) is 10.7. The number of nitrogens with one attached hydrogen (secondary N) is 1. The molecule has 160 valence electrons. The van der Waals surface area contributed by atoms with Crippen molar-refractivity contribution in [3.8, 4) is 11.5 Å². The van der Waals surface area contributed by atoms with Crippen LogP contribution in [0.2, 0.25) is 0 Å². The summed E-state index contributed by atoms with van der Waals surface area (Å²) >= 11 is 0. The van der Waals surface area contributed by atoms with E-state index in [1.807, 2.05) is 37.3 Å². The molecule has 4 rings (SSSR count). The minimum absolute atomic E-state index is 0.335. The summed E-state index contributed by atoms with van der Waals surface area (Å²) in [5.74, 6) is 1.23. The van der Waals surface area contributed by atoms with Crippen molar-refractivity contribution in [1.29, 1.82) is 0 Å². The Kier molecular flexibility index (Phi) is 6.46. The van der Waals surface area contributed by atoms with Gasteiger partial charge < -0.3 is 9.15 Å². The molecule has 0 bridgehead atoms. The highest BCUT2D eigenvalue weighted by atomic mass is 16.6. The SMILES string of the molecule is Cc1oc(-c2ccccc2)nc1CCCc1ccc(CCCC2OC(=O)NC2=O)cc1. The van der Waals surface area contributed by atoms with Crippen LogP contribution in [0, 0.1) is 6.92 Å². The van der Waals surface area contributed by atoms with Gasteiger partial charge in [0.25, 0.3) is 5.91 Å². The second-order valence-corrected chi connectivity index (χ2v) is 7.83. The van der Waals surface area contributed by atoms with E-state index in [4.69, 9.17) is 9.15 Å². The number of benzene rings is 2. The second kappa shape index (κ2) is 9.60. The van der Waals surface area contributed by atoms with Crippen molar-refractivity contribution in [3.05, 3.63) is 77.2 Å². The fourth-order valence-electron chi connectivity index (χ4n) is 3.77. The Hall–Kier alpha value is -3.41. The number of aryl methyl sites for hydroxylation is 4. The average molecular weight is 418 g/mol. The molecule has 1 N–H and O–H groups in total. The molecule has 2 amide bonds. The molecule has 1 fully saturated rings. The zero-order valence-electron chi connectivity index (χ0n) is 17.6. The second-order valence-electron chi connectivity index (χ2n) is 7.83. The molecule has 0 aliphatic carbocycles. The van der Waals surface area contributed by atoms with Gasteiger partial charge in [0, 0.05) is 5.56 Å². The molecule has 31 heavy (non-hydrogen) atoms. The highest BCUT2D eigenvalue weighted by Gasteiger charge is 2.31. The summed E-state index contributed by atoms with van der Waals surface area (Å²) in [4.78, 5) is 27.2. The molecule has 0 saturated carbocycles. The first-order chi connectivity index (χ1) is 15.1. The average Bonchev–Trinajstić information content (AvgIpc) is 3.31. The number of imide groups is 1. The monoisotopic (exact) mass is 418 g/mol. The van der Waals surface area contributed by atoms with E-state index in [9.17, 15) is 9.59 Å². The molecule has 1 saturated heterocycles. The summed E-state index contributed by atoms with van der Waals surface area (Å²) in [6, 6.07) is 18.5. The molecule has 2 heterocycles. The van der Waals surface area contributed by atoms with Crippen LogP contribution >= 0.6 is 0 Å². The van der Waals surface area contributed by atoms with Crippen LogP contribution in [-0.2, 0) is 28.8 Å². The number of carbonyl (C=O) groups excluding carboxylic acids is 2. The summed E-state index contributed by atoms with van der Waals surface area (Å²) < 4.78 is 10.8. The maximum absolute atomic E-state index is 11.5. The summed E-state index contributed by atoms with van der Waals surface area (Å²) in [6.45, 7) is 1.97. The molecular weight excluding hydrogens is 392 g/mol. The Balaban J connectivity index is 1.22. The number of aromatic nitrogens is 1. The Labute approximate surface area is 181 Å². The maximum atomic E-state index is 11.5. The minimum Gasteiger partial charge on any atom is -0.441 e. The zero-order chi connectivity index (χ0) is 21.6. The molecule has 6 heteroatoms. The Morgan fingerprint density at radius 3 is 2.23 bits per heavy atom. The third kappa shape index (κ3) is 5.40. The van der Waals surface area contributed by atoms with Crippen LogP contribution in [0.1, 0.15) is 41.8 Å². The smallest absolute Gasteiger partial charge is 0.414 e. The van der Waals surface area contributed by atoms with Gasteiger partial charge in [-0.25, -0.2) is 9.78 Å². The number of oxazole rings is 1. The first kappa shape index (κ1) is 20.8. The molecule has 1 aliphatic heterocycles. The van der Waals surface area contributed by atoms with E-state index in [0.717, 1.165) is 49.1 Å². The topological polar surface area (TPSA) is 81.4 Å². The summed E-state index contributed by atoms with van der Waals surface area (Å²) in [7, 11) is 0. The first-order valence-electron chi connectivity index (χ1n) is 10.7. The predicted octanol–water partition coefficient (Wildman–Crippen LogP) is 4.78. The third-order valence-electron chi connectivity index (χ3n) is 5.51. The largest absolute Gasteiger partial charge is 0.441 e. The Morgan fingerprint density at radius 1 is 0.903 bits per heavy atom. The van der Waals surface area contributed by atoms with Gasteiger partial charge in [0.05, 0.1) is 5.69 Å². The molecule has 1 aliphatic rings. The van der Waals surface area contributed by atoms with Gasteiger partial charge in [-0.05, 0) is 68.7 Å². The number of alkyl carbamates (subject to hydrolysis) is 1. The molecule has 2 aromatic carbocycles. The maximum Gasteiger partial charge on any atom is 0.414 e. The fourth-order valence-corrected chi connectivity index (χ4v) is 3.77. The Bertz CT molecular complexity index is 1040. The van der Waals surface area contributed by atoms with Crippen LogP contribution < -0.4 is 5.32 Å². The van der Waals surface area contributed by atoms with Crippen LogP contribution in [0.3, 0.4) is 0 Å². The highest BCUT2D eigenvalue weighted by molar-refractivity contribution is 5.99. The van der Waals surface area contributed by atoms with Crippen LogP contribution in [0.15, 0.2) is 59.0 Å². The molecule has 1 unspecified atom stereocenters. The molecule has 0 spiro atoms. The van der Waals surface area contributed by atoms with Crippen molar-refractivity contribution in [1.82, 2.24) is 10.3 Å². The lowest BCUT2D eigenvalue weighted by Crippen LogP contribution is -2.24. The van der Waals surface area contributed by atoms with E-state index in [2.05, 4.69) is 34.6 Å². The zero-order valence-corrected chi connectivity index (χ0v) is 17.6. The van der Waals surface area contributed by atoms with E-state index in [-0.39, 0.29) is 5.91 Å².